The average Bonchev–Trinajstić information content (AvgIpc) is 3.59. The molecule has 5 aromatic rings. The molecule has 0 atom stereocenters. The summed E-state index contributed by atoms with van der Waals surface area (Å²) in [6.45, 7) is 2.68. The summed E-state index contributed by atoms with van der Waals surface area (Å²) in [6, 6.07) is 17.3. The minimum atomic E-state index is -0.233. The van der Waals surface area contributed by atoms with Gasteiger partial charge in [0.2, 0.25) is 4.96 Å². The van der Waals surface area contributed by atoms with Gasteiger partial charge in [0, 0.05) is 16.1 Å². The van der Waals surface area contributed by atoms with Crippen molar-refractivity contribution in [2.45, 2.75) is 13.3 Å². The molecule has 0 N–H and O–H groups in total. The van der Waals surface area contributed by atoms with Gasteiger partial charge in [-0.3, -0.25) is 4.79 Å². The molecular weight excluding hydrogens is 542 g/mol. The SMILES string of the molecule is CCCOc1ccc(/C=C/c2nc3s/c(=C\c4ccc(-c5ccc(Br)cc5)o4)c(=O)n3n2)cc1OC. The third-order valence-corrected chi connectivity index (χ3v) is 6.79. The molecule has 0 saturated heterocycles. The molecule has 0 radical (unpaired) electrons. The van der Waals surface area contributed by atoms with Crippen LogP contribution in [0.5, 0.6) is 11.5 Å². The number of hydrogen-bond acceptors (Lipinski definition) is 7. The lowest BCUT2D eigenvalue weighted by Gasteiger charge is -2.10. The van der Waals surface area contributed by atoms with Gasteiger partial charge < -0.3 is 13.9 Å². The van der Waals surface area contributed by atoms with Crippen molar-refractivity contribution in [1.82, 2.24) is 14.6 Å². The van der Waals surface area contributed by atoms with E-state index in [1.807, 2.05) is 60.7 Å². The molecule has 5 rings (SSSR count). The summed E-state index contributed by atoms with van der Waals surface area (Å²) in [5.41, 5.74) is 1.63. The maximum atomic E-state index is 12.9. The normalized spacial score (nSPS) is 12.1. The lowest BCUT2D eigenvalue weighted by atomic mass is 10.2. The van der Waals surface area contributed by atoms with Gasteiger partial charge in [-0.15, -0.1) is 5.10 Å². The molecule has 3 aromatic heterocycles. The van der Waals surface area contributed by atoms with Crippen molar-refractivity contribution in [3.63, 3.8) is 0 Å². The number of rotatable bonds is 8. The van der Waals surface area contributed by atoms with Crippen LogP contribution in [0.25, 0.3) is 34.5 Å². The van der Waals surface area contributed by atoms with Gasteiger partial charge in [0.15, 0.2) is 17.3 Å². The second-order valence-electron chi connectivity index (χ2n) is 7.88. The fraction of sp³-hybridized carbons (Fsp3) is 0.148. The van der Waals surface area contributed by atoms with Crippen molar-refractivity contribution in [2.75, 3.05) is 13.7 Å². The number of halogens is 1. The summed E-state index contributed by atoms with van der Waals surface area (Å²) in [5.74, 6) is 3.14. The maximum Gasteiger partial charge on any atom is 0.291 e. The predicted octanol–water partition coefficient (Wildman–Crippen LogP) is 5.69. The molecular formula is C27H22BrN3O4S. The van der Waals surface area contributed by atoms with Crippen LogP contribution in [0.4, 0.5) is 0 Å². The molecule has 9 heteroatoms. The van der Waals surface area contributed by atoms with Crippen molar-refractivity contribution >= 4 is 50.5 Å². The van der Waals surface area contributed by atoms with Gasteiger partial charge in [-0.25, -0.2) is 0 Å². The van der Waals surface area contributed by atoms with E-state index in [2.05, 4.69) is 32.9 Å². The molecule has 7 nitrogen and oxygen atoms in total. The third-order valence-electron chi connectivity index (χ3n) is 5.30. The Labute approximate surface area is 219 Å². The van der Waals surface area contributed by atoms with Crippen molar-refractivity contribution < 1.29 is 13.9 Å². The van der Waals surface area contributed by atoms with E-state index in [0.29, 0.717) is 39.2 Å². The van der Waals surface area contributed by atoms with E-state index in [0.717, 1.165) is 27.8 Å². The van der Waals surface area contributed by atoms with Crippen LogP contribution in [0.15, 0.2) is 68.3 Å². The summed E-state index contributed by atoms with van der Waals surface area (Å²) in [4.78, 5) is 17.9. The predicted molar refractivity (Wildman–Crippen MR) is 145 cm³/mol. The first-order chi connectivity index (χ1) is 17.5. The van der Waals surface area contributed by atoms with Crippen molar-refractivity contribution in [3.8, 4) is 22.8 Å². The zero-order valence-corrected chi connectivity index (χ0v) is 22.0. The Morgan fingerprint density at radius 1 is 1.08 bits per heavy atom. The topological polar surface area (TPSA) is 78.9 Å². The zero-order valence-electron chi connectivity index (χ0n) is 19.6. The molecule has 0 bridgehead atoms. The van der Waals surface area contributed by atoms with Crippen LogP contribution < -0.4 is 19.6 Å². The van der Waals surface area contributed by atoms with Crippen LogP contribution in [0.1, 0.15) is 30.5 Å². The van der Waals surface area contributed by atoms with E-state index in [-0.39, 0.29) is 5.56 Å². The smallest absolute Gasteiger partial charge is 0.291 e. The van der Waals surface area contributed by atoms with Gasteiger partial charge in [-0.2, -0.15) is 9.50 Å². The summed E-state index contributed by atoms with van der Waals surface area (Å²) < 4.78 is 19.9. The molecule has 0 amide bonds. The van der Waals surface area contributed by atoms with E-state index < -0.39 is 0 Å². The lowest BCUT2D eigenvalue weighted by molar-refractivity contribution is 0.294. The van der Waals surface area contributed by atoms with Gasteiger partial charge >= 0.3 is 0 Å². The number of fused-ring (bicyclic) bond motifs is 1. The number of thiazole rings is 1. The standard InChI is InChI=1S/C27H22BrN3O4S/c1-3-14-34-22-11-4-17(15-23(22)33-2)5-13-25-29-27-31(30-25)26(32)24(36-27)16-20-10-12-21(35-20)18-6-8-19(28)9-7-18/h4-13,15-16H,3,14H2,1-2H3/b13-5+,24-16-. The molecule has 0 spiro atoms. The highest BCUT2D eigenvalue weighted by Crippen LogP contribution is 2.29. The van der Waals surface area contributed by atoms with E-state index >= 15 is 0 Å². The van der Waals surface area contributed by atoms with Gasteiger partial charge in [0.1, 0.15) is 16.1 Å². The van der Waals surface area contributed by atoms with Crippen LogP contribution in [0.2, 0.25) is 0 Å². The number of nitrogens with zero attached hydrogens (tertiary/aromatic N) is 3. The lowest BCUT2D eigenvalue weighted by Crippen LogP contribution is -2.23. The quantitative estimate of drug-likeness (QED) is 0.241. The van der Waals surface area contributed by atoms with Crippen molar-refractivity contribution in [3.05, 3.63) is 91.1 Å². The Hall–Kier alpha value is -3.69. The molecule has 36 heavy (non-hydrogen) atoms. The van der Waals surface area contributed by atoms with Crippen LogP contribution in [0.3, 0.4) is 0 Å². The van der Waals surface area contributed by atoms with E-state index in [9.17, 15) is 4.79 Å². The van der Waals surface area contributed by atoms with Crippen LogP contribution >= 0.6 is 27.3 Å². The van der Waals surface area contributed by atoms with Gasteiger partial charge in [0.05, 0.1) is 13.7 Å². The second kappa shape index (κ2) is 10.5. The zero-order chi connectivity index (χ0) is 25.1. The molecule has 0 unspecified atom stereocenters. The summed E-state index contributed by atoms with van der Waals surface area (Å²) in [7, 11) is 1.61. The van der Waals surface area contributed by atoms with Gasteiger partial charge in [-0.1, -0.05) is 58.5 Å². The molecule has 2 aromatic carbocycles. The van der Waals surface area contributed by atoms with E-state index in [1.54, 1.807) is 19.3 Å². The Kier molecular flexibility index (Phi) is 7.02. The highest BCUT2D eigenvalue weighted by atomic mass is 79.9. The number of ether oxygens (including phenoxy) is 2. The van der Waals surface area contributed by atoms with Gasteiger partial charge in [-0.05, 0) is 54.5 Å². The van der Waals surface area contributed by atoms with Crippen molar-refractivity contribution in [2.24, 2.45) is 0 Å². The molecule has 3 heterocycles. The maximum absolute atomic E-state index is 12.9. The minimum Gasteiger partial charge on any atom is -0.493 e. The summed E-state index contributed by atoms with van der Waals surface area (Å²) >= 11 is 4.70. The highest BCUT2D eigenvalue weighted by Gasteiger charge is 2.11. The Balaban J connectivity index is 1.36. The van der Waals surface area contributed by atoms with Crippen LogP contribution in [0, 0.1) is 0 Å². The first-order valence-corrected chi connectivity index (χ1v) is 12.9. The van der Waals surface area contributed by atoms with Crippen molar-refractivity contribution in [1.29, 1.82) is 0 Å². The minimum absolute atomic E-state index is 0.233. The molecule has 0 aliphatic carbocycles. The fourth-order valence-electron chi connectivity index (χ4n) is 3.54. The fourth-order valence-corrected chi connectivity index (χ4v) is 4.70. The highest BCUT2D eigenvalue weighted by molar-refractivity contribution is 9.10. The van der Waals surface area contributed by atoms with Crippen LogP contribution in [-0.2, 0) is 0 Å². The summed E-state index contributed by atoms with van der Waals surface area (Å²) in [6.07, 6.45) is 6.27. The van der Waals surface area contributed by atoms with E-state index in [4.69, 9.17) is 13.9 Å². The van der Waals surface area contributed by atoms with Crippen LogP contribution in [-0.4, -0.2) is 28.3 Å². The molecule has 0 aliphatic rings. The number of hydrogen-bond donors (Lipinski definition) is 0. The number of furan rings is 1. The molecule has 0 saturated carbocycles. The largest absolute Gasteiger partial charge is 0.493 e. The average molecular weight is 564 g/mol. The molecule has 0 aliphatic heterocycles. The Bertz CT molecular complexity index is 1650. The second-order valence-corrected chi connectivity index (χ2v) is 9.81. The number of methoxy groups -OCH3 is 1. The Morgan fingerprint density at radius 3 is 2.67 bits per heavy atom. The number of benzene rings is 2. The number of aromatic nitrogens is 3. The first-order valence-electron chi connectivity index (χ1n) is 11.3. The Morgan fingerprint density at radius 2 is 1.92 bits per heavy atom. The van der Waals surface area contributed by atoms with E-state index in [1.165, 1.54) is 15.9 Å². The molecule has 0 fully saturated rings. The molecule has 182 valence electrons. The third kappa shape index (κ3) is 5.12. The monoisotopic (exact) mass is 563 g/mol. The first kappa shape index (κ1) is 24.0. The summed E-state index contributed by atoms with van der Waals surface area (Å²) in [5, 5.41) is 4.36. The van der Waals surface area contributed by atoms with Gasteiger partial charge in [0.25, 0.3) is 5.56 Å².